The molecule has 1 aliphatic carbocycles. The van der Waals surface area contributed by atoms with Gasteiger partial charge in [-0.1, -0.05) is 24.6 Å². The molecule has 2 rings (SSSR count). The summed E-state index contributed by atoms with van der Waals surface area (Å²) >= 11 is 6.11. The molecular weight excluding hydrogens is 182 g/mol. The summed E-state index contributed by atoms with van der Waals surface area (Å²) in [6, 6.07) is 4.26. The fourth-order valence-electron chi connectivity index (χ4n) is 2.15. The van der Waals surface area contributed by atoms with Gasteiger partial charge in [0.25, 0.3) is 0 Å². The smallest absolute Gasteiger partial charge is 0.0456 e. The molecule has 0 saturated carbocycles. The van der Waals surface area contributed by atoms with Gasteiger partial charge in [-0.2, -0.15) is 0 Å². The summed E-state index contributed by atoms with van der Waals surface area (Å²) < 4.78 is 0. The van der Waals surface area contributed by atoms with Crippen molar-refractivity contribution in [2.75, 3.05) is 0 Å². The molecule has 1 aromatic carbocycles. The minimum absolute atomic E-state index is 0.161. The van der Waals surface area contributed by atoms with E-state index in [0.717, 1.165) is 24.3 Å². The molecule has 0 heterocycles. The Morgan fingerprint density at radius 3 is 3.00 bits per heavy atom. The predicted octanol–water partition coefficient (Wildman–Crippen LogP) is 2.85. The zero-order valence-electron chi connectivity index (χ0n) is 7.81. The molecule has 0 bridgehead atoms. The highest BCUT2D eigenvalue weighted by Gasteiger charge is 2.23. The topological polar surface area (TPSA) is 26.0 Å². The molecule has 1 aromatic rings. The molecule has 0 amide bonds. The number of hydrogen-bond donors (Lipinski definition) is 1. The van der Waals surface area contributed by atoms with Gasteiger partial charge in [0.2, 0.25) is 0 Å². The molecule has 0 aliphatic heterocycles. The lowest BCUT2D eigenvalue weighted by molar-refractivity contribution is 0.713. The molecular formula is C11H14ClN. The molecule has 1 aliphatic rings. The van der Waals surface area contributed by atoms with Crippen molar-refractivity contribution in [2.45, 2.75) is 32.2 Å². The van der Waals surface area contributed by atoms with Gasteiger partial charge >= 0.3 is 0 Å². The number of aryl methyl sites for hydroxylation is 1. The van der Waals surface area contributed by atoms with Crippen LogP contribution < -0.4 is 5.73 Å². The van der Waals surface area contributed by atoms with Crippen molar-refractivity contribution < 1.29 is 0 Å². The average molecular weight is 196 g/mol. The number of rotatable bonds is 1. The maximum Gasteiger partial charge on any atom is 0.0456 e. The quantitative estimate of drug-likeness (QED) is 0.733. The van der Waals surface area contributed by atoms with Crippen molar-refractivity contribution >= 4 is 11.6 Å². The van der Waals surface area contributed by atoms with Gasteiger partial charge in [0.15, 0.2) is 0 Å². The van der Waals surface area contributed by atoms with Crippen molar-refractivity contribution in [3.63, 3.8) is 0 Å². The third-order valence-corrected chi connectivity index (χ3v) is 3.19. The molecule has 70 valence electrons. The summed E-state index contributed by atoms with van der Waals surface area (Å²) in [6.07, 6.45) is 3.22. The normalized spacial score (nSPS) is 20.4. The molecule has 0 fully saturated rings. The van der Waals surface area contributed by atoms with E-state index in [2.05, 4.69) is 13.0 Å². The molecule has 1 nitrogen and oxygen atoms in total. The van der Waals surface area contributed by atoms with E-state index >= 15 is 0 Å². The van der Waals surface area contributed by atoms with Crippen LogP contribution in [-0.4, -0.2) is 0 Å². The SMILES string of the molecule is CCc1ccc(Cl)c2c1CC[C@H]2N. The van der Waals surface area contributed by atoms with Crippen LogP contribution in [0, 0.1) is 0 Å². The Hall–Kier alpha value is -0.530. The van der Waals surface area contributed by atoms with Crippen molar-refractivity contribution in [3.8, 4) is 0 Å². The monoisotopic (exact) mass is 195 g/mol. The van der Waals surface area contributed by atoms with Crippen LogP contribution in [-0.2, 0) is 12.8 Å². The summed E-state index contributed by atoms with van der Waals surface area (Å²) in [5, 5.41) is 0.845. The number of hydrogen-bond acceptors (Lipinski definition) is 1. The predicted molar refractivity (Wildman–Crippen MR) is 56.1 cm³/mol. The maximum atomic E-state index is 6.11. The second-order valence-corrected chi connectivity index (χ2v) is 4.00. The molecule has 0 saturated heterocycles. The lowest BCUT2D eigenvalue weighted by Gasteiger charge is -2.10. The van der Waals surface area contributed by atoms with E-state index in [1.54, 1.807) is 0 Å². The zero-order valence-corrected chi connectivity index (χ0v) is 8.56. The van der Waals surface area contributed by atoms with E-state index in [1.807, 2.05) is 6.07 Å². The van der Waals surface area contributed by atoms with Crippen LogP contribution >= 0.6 is 11.6 Å². The molecule has 0 spiro atoms. The Bertz CT molecular complexity index is 333. The third-order valence-electron chi connectivity index (χ3n) is 2.86. The molecule has 13 heavy (non-hydrogen) atoms. The Morgan fingerprint density at radius 2 is 2.31 bits per heavy atom. The van der Waals surface area contributed by atoms with E-state index in [1.165, 1.54) is 16.7 Å². The molecule has 1 atom stereocenters. The molecule has 2 N–H and O–H groups in total. The number of halogens is 1. The van der Waals surface area contributed by atoms with Crippen molar-refractivity contribution in [2.24, 2.45) is 5.73 Å². The van der Waals surface area contributed by atoms with Gasteiger partial charge in [-0.3, -0.25) is 0 Å². The zero-order chi connectivity index (χ0) is 9.42. The van der Waals surface area contributed by atoms with Gasteiger partial charge < -0.3 is 5.73 Å². The highest BCUT2D eigenvalue weighted by molar-refractivity contribution is 6.31. The van der Waals surface area contributed by atoms with E-state index in [-0.39, 0.29) is 6.04 Å². The lowest BCUT2D eigenvalue weighted by Crippen LogP contribution is -2.06. The summed E-state index contributed by atoms with van der Waals surface area (Å²) in [7, 11) is 0. The van der Waals surface area contributed by atoms with Gasteiger partial charge in [-0.05, 0) is 42.0 Å². The largest absolute Gasteiger partial charge is 0.324 e. The summed E-state index contributed by atoms with van der Waals surface area (Å²) in [6.45, 7) is 2.17. The van der Waals surface area contributed by atoms with Crippen LogP contribution in [0.5, 0.6) is 0 Å². The first kappa shape index (κ1) is 9.04. The summed E-state index contributed by atoms with van der Waals surface area (Å²) in [5.41, 5.74) is 10.00. The number of benzene rings is 1. The number of fused-ring (bicyclic) bond motifs is 1. The van der Waals surface area contributed by atoms with Crippen LogP contribution in [0.25, 0.3) is 0 Å². The van der Waals surface area contributed by atoms with Gasteiger partial charge in [-0.15, -0.1) is 0 Å². The lowest BCUT2D eigenvalue weighted by atomic mass is 10.0. The van der Waals surface area contributed by atoms with Crippen LogP contribution in [0.2, 0.25) is 5.02 Å². The minimum Gasteiger partial charge on any atom is -0.324 e. The third kappa shape index (κ3) is 1.36. The van der Waals surface area contributed by atoms with Gasteiger partial charge in [-0.25, -0.2) is 0 Å². The van der Waals surface area contributed by atoms with Crippen LogP contribution in [0.1, 0.15) is 36.1 Å². The van der Waals surface area contributed by atoms with Crippen molar-refractivity contribution in [3.05, 3.63) is 33.8 Å². The molecule has 2 heteroatoms. The first-order valence-electron chi connectivity index (χ1n) is 4.79. The highest BCUT2D eigenvalue weighted by atomic mass is 35.5. The van der Waals surface area contributed by atoms with E-state index in [4.69, 9.17) is 17.3 Å². The second kappa shape index (κ2) is 3.32. The van der Waals surface area contributed by atoms with Gasteiger partial charge in [0.1, 0.15) is 0 Å². The number of nitrogens with two attached hydrogens (primary N) is 1. The second-order valence-electron chi connectivity index (χ2n) is 3.60. The van der Waals surface area contributed by atoms with E-state index in [9.17, 15) is 0 Å². The Morgan fingerprint density at radius 1 is 1.54 bits per heavy atom. The Kier molecular flexibility index (Phi) is 2.31. The van der Waals surface area contributed by atoms with Crippen LogP contribution in [0.15, 0.2) is 12.1 Å². The average Bonchev–Trinajstić information content (AvgIpc) is 2.50. The summed E-state index contributed by atoms with van der Waals surface area (Å²) in [4.78, 5) is 0. The fraction of sp³-hybridized carbons (Fsp3) is 0.455. The van der Waals surface area contributed by atoms with E-state index in [0.29, 0.717) is 0 Å². The first-order chi connectivity index (χ1) is 6.24. The first-order valence-corrected chi connectivity index (χ1v) is 5.17. The molecule has 0 radical (unpaired) electrons. The summed E-state index contributed by atoms with van der Waals surface area (Å²) in [5.74, 6) is 0. The minimum atomic E-state index is 0.161. The van der Waals surface area contributed by atoms with E-state index < -0.39 is 0 Å². The Balaban J connectivity index is 2.59. The Labute approximate surface area is 83.9 Å². The van der Waals surface area contributed by atoms with Crippen LogP contribution in [0.3, 0.4) is 0 Å². The van der Waals surface area contributed by atoms with Crippen LogP contribution in [0.4, 0.5) is 0 Å². The molecule has 0 aromatic heterocycles. The van der Waals surface area contributed by atoms with Gasteiger partial charge in [0.05, 0.1) is 0 Å². The van der Waals surface area contributed by atoms with Gasteiger partial charge in [0, 0.05) is 11.1 Å². The van der Waals surface area contributed by atoms with Crippen molar-refractivity contribution in [1.82, 2.24) is 0 Å². The highest BCUT2D eigenvalue weighted by Crippen LogP contribution is 2.36. The van der Waals surface area contributed by atoms with Crippen molar-refractivity contribution in [1.29, 1.82) is 0 Å². The standard InChI is InChI=1S/C11H14ClN/c1-2-7-3-5-9(12)11-8(7)4-6-10(11)13/h3,5,10H,2,4,6,13H2,1H3/t10-/m1/s1. The molecule has 0 unspecified atom stereocenters. The fourth-order valence-corrected chi connectivity index (χ4v) is 2.47. The maximum absolute atomic E-state index is 6.11.